The van der Waals surface area contributed by atoms with E-state index in [9.17, 15) is 4.79 Å². The molecule has 150 valence electrons. The molecule has 2 aliphatic rings. The van der Waals surface area contributed by atoms with Crippen molar-refractivity contribution >= 4 is 5.91 Å². The molecule has 1 saturated carbocycles. The molecule has 2 fully saturated rings. The number of piperidine rings is 1. The molecule has 1 amide bonds. The highest BCUT2D eigenvalue weighted by molar-refractivity contribution is 5.94. The van der Waals surface area contributed by atoms with Crippen LogP contribution in [0.2, 0.25) is 0 Å². The highest BCUT2D eigenvalue weighted by atomic mass is 16.5. The van der Waals surface area contributed by atoms with Gasteiger partial charge in [0.2, 0.25) is 5.89 Å². The van der Waals surface area contributed by atoms with E-state index in [1.165, 1.54) is 0 Å². The number of ether oxygens (including phenoxy) is 2. The van der Waals surface area contributed by atoms with Crippen molar-refractivity contribution in [1.82, 2.24) is 15.0 Å². The average molecular weight is 385 g/mol. The van der Waals surface area contributed by atoms with Crippen molar-refractivity contribution < 1.29 is 18.8 Å². The summed E-state index contributed by atoms with van der Waals surface area (Å²) in [5.74, 6) is 2.56. The molecule has 1 aromatic carbocycles. The van der Waals surface area contributed by atoms with Crippen molar-refractivity contribution in [2.24, 2.45) is 0 Å². The van der Waals surface area contributed by atoms with Gasteiger partial charge in [0.1, 0.15) is 5.75 Å². The molecule has 1 aromatic heterocycles. The van der Waals surface area contributed by atoms with Crippen LogP contribution in [0.15, 0.2) is 28.8 Å². The van der Waals surface area contributed by atoms with Crippen LogP contribution in [0, 0.1) is 0 Å². The lowest BCUT2D eigenvalue weighted by molar-refractivity contribution is 0.0566. The molecule has 1 aliphatic heterocycles. The summed E-state index contributed by atoms with van der Waals surface area (Å²) in [6.07, 6.45) is 4.81. The number of carbonyl (C=O) groups is 1. The molecule has 1 aliphatic carbocycles. The van der Waals surface area contributed by atoms with E-state index in [2.05, 4.69) is 5.16 Å². The van der Waals surface area contributed by atoms with Crippen LogP contribution in [0.1, 0.15) is 60.1 Å². The summed E-state index contributed by atoms with van der Waals surface area (Å²) < 4.78 is 16.2. The molecule has 1 unspecified atom stereocenters. The second-order valence-electron chi connectivity index (χ2n) is 7.82. The number of carbonyl (C=O) groups excluding carboxylic acids is 1. The van der Waals surface area contributed by atoms with E-state index in [-0.39, 0.29) is 11.3 Å². The van der Waals surface area contributed by atoms with Crippen LogP contribution in [-0.4, -0.2) is 54.9 Å². The SMILES string of the molecule is COCCC1(c2noc(C3CC3)n2)CCCN(C(=O)c2cccc(OC)c2)C1. The van der Waals surface area contributed by atoms with E-state index in [1.54, 1.807) is 20.3 Å². The summed E-state index contributed by atoms with van der Waals surface area (Å²) in [5, 5.41) is 4.32. The maximum absolute atomic E-state index is 13.2. The molecule has 1 saturated heterocycles. The number of hydrogen-bond donors (Lipinski definition) is 0. The van der Waals surface area contributed by atoms with Crippen LogP contribution in [-0.2, 0) is 10.2 Å². The summed E-state index contributed by atoms with van der Waals surface area (Å²) in [5.41, 5.74) is 0.299. The Balaban J connectivity index is 1.58. The summed E-state index contributed by atoms with van der Waals surface area (Å²) in [6.45, 7) is 1.88. The van der Waals surface area contributed by atoms with E-state index >= 15 is 0 Å². The van der Waals surface area contributed by atoms with Gasteiger partial charge in [-0.1, -0.05) is 11.2 Å². The number of benzene rings is 1. The van der Waals surface area contributed by atoms with Crippen molar-refractivity contribution in [3.8, 4) is 5.75 Å². The number of likely N-dealkylation sites (tertiary alicyclic amines) is 1. The van der Waals surface area contributed by atoms with Crippen LogP contribution in [0.4, 0.5) is 0 Å². The topological polar surface area (TPSA) is 77.7 Å². The fourth-order valence-electron chi connectivity index (χ4n) is 3.99. The quantitative estimate of drug-likeness (QED) is 0.729. The van der Waals surface area contributed by atoms with Gasteiger partial charge in [0.05, 0.1) is 12.5 Å². The molecule has 7 nitrogen and oxygen atoms in total. The maximum atomic E-state index is 13.2. The Morgan fingerprint density at radius 3 is 2.96 bits per heavy atom. The number of hydrogen-bond acceptors (Lipinski definition) is 6. The van der Waals surface area contributed by atoms with Crippen molar-refractivity contribution in [2.45, 2.75) is 43.4 Å². The second-order valence-corrected chi connectivity index (χ2v) is 7.82. The smallest absolute Gasteiger partial charge is 0.254 e. The molecule has 0 bridgehead atoms. The van der Waals surface area contributed by atoms with Crippen LogP contribution >= 0.6 is 0 Å². The summed E-state index contributed by atoms with van der Waals surface area (Å²) >= 11 is 0. The predicted molar refractivity (Wildman–Crippen MR) is 103 cm³/mol. The second kappa shape index (κ2) is 7.91. The van der Waals surface area contributed by atoms with Gasteiger partial charge in [0.25, 0.3) is 5.91 Å². The predicted octanol–water partition coefficient (Wildman–Crippen LogP) is 3.17. The third kappa shape index (κ3) is 3.76. The third-order valence-corrected chi connectivity index (χ3v) is 5.81. The first-order valence-corrected chi connectivity index (χ1v) is 9.91. The first kappa shape index (κ1) is 18.9. The molecule has 0 N–H and O–H groups in total. The normalized spacial score (nSPS) is 22.3. The Bertz CT molecular complexity index is 833. The molecule has 2 aromatic rings. The largest absolute Gasteiger partial charge is 0.497 e. The lowest BCUT2D eigenvalue weighted by atomic mass is 9.76. The lowest BCUT2D eigenvalue weighted by Gasteiger charge is -2.41. The Morgan fingerprint density at radius 1 is 1.36 bits per heavy atom. The molecular weight excluding hydrogens is 358 g/mol. The zero-order valence-electron chi connectivity index (χ0n) is 16.5. The van der Waals surface area contributed by atoms with E-state index in [4.69, 9.17) is 19.0 Å². The highest BCUT2D eigenvalue weighted by Gasteiger charge is 2.43. The van der Waals surface area contributed by atoms with Crippen LogP contribution < -0.4 is 4.74 Å². The van der Waals surface area contributed by atoms with Crippen molar-refractivity contribution in [1.29, 1.82) is 0 Å². The molecule has 7 heteroatoms. The van der Waals surface area contributed by atoms with E-state index in [0.717, 1.165) is 50.4 Å². The molecule has 2 heterocycles. The van der Waals surface area contributed by atoms with Crippen LogP contribution in [0.3, 0.4) is 0 Å². The van der Waals surface area contributed by atoms with Crippen LogP contribution in [0.5, 0.6) is 5.75 Å². The van der Waals surface area contributed by atoms with Gasteiger partial charge in [-0.05, 0) is 50.3 Å². The van der Waals surface area contributed by atoms with Gasteiger partial charge in [-0.15, -0.1) is 0 Å². The first-order chi connectivity index (χ1) is 13.6. The Hall–Kier alpha value is -2.41. The molecular formula is C21H27N3O4. The number of rotatable bonds is 7. The average Bonchev–Trinajstić information content (AvgIpc) is 3.48. The van der Waals surface area contributed by atoms with Gasteiger partial charge in [0.15, 0.2) is 5.82 Å². The van der Waals surface area contributed by atoms with Crippen molar-refractivity contribution in [3.05, 3.63) is 41.5 Å². The van der Waals surface area contributed by atoms with Gasteiger partial charge < -0.3 is 18.9 Å². The molecule has 28 heavy (non-hydrogen) atoms. The molecule has 1 atom stereocenters. The van der Waals surface area contributed by atoms with Gasteiger partial charge in [-0.3, -0.25) is 4.79 Å². The van der Waals surface area contributed by atoms with Gasteiger partial charge in [0, 0.05) is 38.3 Å². The van der Waals surface area contributed by atoms with E-state index < -0.39 is 0 Å². The standard InChI is InChI=1S/C21H27N3O4/c1-26-12-10-21(20-22-18(28-23-20)15-7-8-15)9-4-11-24(14-21)19(25)16-5-3-6-17(13-16)27-2/h3,5-6,13,15H,4,7-12,14H2,1-2H3. The highest BCUT2D eigenvalue weighted by Crippen LogP contribution is 2.42. The Morgan fingerprint density at radius 2 is 2.21 bits per heavy atom. The summed E-state index contributed by atoms with van der Waals surface area (Å²) in [7, 11) is 3.30. The van der Waals surface area contributed by atoms with E-state index in [1.807, 2.05) is 23.1 Å². The Labute approximate surface area is 165 Å². The minimum atomic E-state index is -0.334. The van der Waals surface area contributed by atoms with Gasteiger partial charge in [-0.25, -0.2) is 0 Å². The van der Waals surface area contributed by atoms with Crippen molar-refractivity contribution in [3.63, 3.8) is 0 Å². The number of methoxy groups -OCH3 is 2. The first-order valence-electron chi connectivity index (χ1n) is 9.91. The maximum Gasteiger partial charge on any atom is 0.254 e. The van der Waals surface area contributed by atoms with Gasteiger partial charge >= 0.3 is 0 Å². The zero-order chi connectivity index (χ0) is 19.6. The number of amides is 1. The fourth-order valence-corrected chi connectivity index (χ4v) is 3.99. The molecule has 4 rings (SSSR count). The zero-order valence-corrected chi connectivity index (χ0v) is 16.5. The monoisotopic (exact) mass is 385 g/mol. The number of aromatic nitrogens is 2. The third-order valence-electron chi connectivity index (χ3n) is 5.81. The summed E-state index contributed by atoms with van der Waals surface area (Å²) in [6, 6.07) is 7.30. The minimum Gasteiger partial charge on any atom is -0.497 e. The van der Waals surface area contributed by atoms with E-state index in [0.29, 0.717) is 30.4 Å². The Kier molecular flexibility index (Phi) is 5.35. The molecule has 0 radical (unpaired) electrons. The lowest BCUT2D eigenvalue weighted by Crippen LogP contribution is -2.49. The van der Waals surface area contributed by atoms with Crippen LogP contribution in [0.25, 0.3) is 0 Å². The number of nitrogens with zero attached hydrogens (tertiary/aromatic N) is 3. The minimum absolute atomic E-state index is 0.00584. The summed E-state index contributed by atoms with van der Waals surface area (Å²) in [4.78, 5) is 19.8. The van der Waals surface area contributed by atoms with Gasteiger partial charge in [-0.2, -0.15) is 4.98 Å². The molecule has 0 spiro atoms. The fraction of sp³-hybridized carbons (Fsp3) is 0.571. The van der Waals surface area contributed by atoms with Crippen molar-refractivity contribution in [2.75, 3.05) is 33.9 Å².